The van der Waals surface area contributed by atoms with Crippen molar-refractivity contribution in [3.63, 3.8) is 0 Å². The zero-order chi connectivity index (χ0) is 36.9. The molecule has 0 saturated heterocycles. The largest absolute Gasteiger partial charge is 0.497 e. The molecule has 5 aromatic rings. The van der Waals surface area contributed by atoms with Gasteiger partial charge < -0.3 is 14.2 Å². The highest BCUT2D eigenvalue weighted by molar-refractivity contribution is 8.00. The molecule has 18 heteroatoms. The van der Waals surface area contributed by atoms with Crippen LogP contribution >= 0.6 is 23.4 Å². The Morgan fingerprint density at radius 3 is 2.29 bits per heavy atom. The van der Waals surface area contributed by atoms with E-state index in [1.54, 1.807) is 42.7 Å². The van der Waals surface area contributed by atoms with Crippen LogP contribution in [-0.2, 0) is 22.7 Å². The summed E-state index contributed by atoms with van der Waals surface area (Å²) in [4.78, 5) is 2.73. The number of nitrogens with one attached hydrogen (secondary N) is 1. The van der Waals surface area contributed by atoms with Gasteiger partial charge in [0.2, 0.25) is 10.0 Å². The number of ether oxygens (including phenoxy) is 3. The number of halogens is 5. The molecular weight excluding hydrogens is 736 g/mol. The first-order valence-corrected chi connectivity index (χ1v) is 17.6. The van der Waals surface area contributed by atoms with Crippen LogP contribution in [0.5, 0.6) is 23.0 Å². The lowest BCUT2D eigenvalue weighted by molar-refractivity contribution is -0.141. The second kappa shape index (κ2) is 15.6. The highest BCUT2D eigenvalue weighted by Crippen LogP contribution is 2.41. The molecule has 2 heterocycles. The molecule has 3 aromatic carbocycles. The second-order valence-corrected chi connectivity index (χ2v) is 13.7. The number of pyridine rings is 1. The summed E-state index contributed by atoms with van der Waals surface area (Å²) in [5.74, 6) is -0.560. The Bertz CT molecular complexity index is 2150. The predicted molar refractivity (Wildman–Crippen MR) is 182 cm³/mol. The Labute approximate surface area is 299 Å². The maximum absolute atomic E-state index is 15.9. The molecule has 1 unspecified atom stereocenters. The Kier molecular flexibility index (Phi) is 11.4. The van der Waals surface area contributed by atoms with E-state index >= 15 is 4.39 Å². The number of alkyl halides is 3. The first-order chi connectivity index (χ1) is 24.3. The lowest BCUT2D eigenvalue weighted by Gasteiger charge is -2.27. The van der Waals surface area contributed by atoms with Crippen molar-refractivity contribution in [2.24, 2.45) is 5.11 Å². The van der Waals surface area contributed by atoms with Gasteiger partial charge in [0.25, 0.3) is 0 Å². The fourth-order valence-corrected chi connectivity index (χ4v) is 7.60. The van der Waals surface area contributed by atoms with Crippen molar-refractivity contribution in [2.75, 3.05) is 20.5 Å². The lowest BCUT2D eigenvalue weighted by Crippen LogP contribution is -2.37. The van der Waals surface area contributed by atoms with Crippen LogP contribution in [0.2, 0.25) is 5.02 Å². The highest BCUT2D eigenvalue weighted by Gasteiger charge is 2.35. The van der Waals surface area contributed by atoms with Gasteiger partial charge in [0.1, 0.15) is 39.4 Å². The summed E-state index contributed by atoms with van der Waals surface area (Å²) in [6, 6.07) is 14.8. The number of benzene rings is 3. The summed E-state index contributed by atoms with van der Waals surface area (Å²) < 4.78 is 101. The number of rotatable bonds is 13. The first-order valence-electron chi connectivity index (χ1n) is 14.5. The average molecular weight is 763 g/mol. The number of nitrogens with zero attached hydrogens (tertiary/aromatic N) is 5. The van der Waals surface area contributed by atoms with E-state index in [1.807, 2.05) is 0 Å². The van der Waals surface area contributed by atoms with E-state index in [-0.39, 0.29) is 23.1 Å². The molecule has 2 aromatic heterocycles. The van der Waals surface area contributed by atoms with Gasteiger partial charge in [0.15, 0.2) is 5.50 Å². The van der Waals surface area contributed by atoms with E-state index in [0.29, 0.717) is 39.3 Å². The van der Waals surface area contributed by atoms with E-state index in [2.05, 4.69) is 20.3 Å². The van der Waals surface area contributed by atoms with Gasteiger partial charge in [-0.05, 0) is 48.2 Å². The fraction of sp³-hybridized carbons (Fsp3) is 0.182. The molecule has 5 rings (SSSR count). The molecule has 266 valence electrons. The van der Waals surface area contributed by atoms with Gasteiger partial charge in [-0.1, -0.05) is 29.8 Å². The number of sulfonamides is 1. The number of aromatic nitrogens is 3. The highest BCUT2D eigenvalue weighted by atomic mass is 35.5. The van der Waals surface area contributed by atoms with Crippen LogP contribution in [0.4, 0.5) is 17.6 Å². The molecule has 11 nitrogen and oxygen atoms in total. The summed E-state index contributed by atoms with van der Waals surface area (Å²) in [6.45, 7) is -0.344. The van der Waals surface area contributed by atoms with E-state index in [4.69, 9.17) is 31.3 Å². The fourth-order valence-electron chi connectivity index (χ4n) is 4.90. The number of methoxy groups -OCH3 is 2. The average Bonchev–Trinajstić information content (AvgIpc) is 3.13. The minimum atomic E-state index is -4.70. The van der Waals surface area contributed by atoms with Crippen molar-refractivity contribution in [2.45, 2.75) is 23.1 Å². The van der Waals surface area contributed by atoms with Crippen LogP contribution in [0.25, 0.3) is 22.3 Å². The van der Waals surface area contributed by atoms with Gasteiger partial charge in [0.05, 0.1) is 31.6 Å². The molecule has 0 saturated carbocycles. The quantitative estimate of drug-likeness (QED) is 0.0709. The molecule has 0 radical (unpaired) electrons. The van der Waals surface area contributed by atoms with E-state index in [0.717, 1.165) is 40.5 Å². The zero-order valence-corrected chi connectivity index (χ0v) is 29.2. The van der Waals surface area contributed by atoms with Gasteiger partial charge >= 0.3 is 6.18 Å². The Morgan fingerprint density at radius 2 is 1.69 bits per heavy atom. The third-order valence-corrected chi connectivity index (χ3v) is 10.5. The standard InChI is InChI=1S/C33H27ClF4N6O5S2/c1-47-23-7-4-22(28(13-23)48-2)18-44(32(43-39)50-3)51(45,46)30-14-25(34)29(15-26(30)35)49-27-8-5-19(12-24(27)21-10-11-41-42-17-21)20-6-9-31(40-16-20)33(36,37)38/h4-17,32,39H,18H2,1-3H3. The predicted octanol–water partition coefficient (Wildman–Crippen LogP) is 8.69. The number of hydrogen-bond donors (Lipinski definition) is 1. The topological polar surface area (TPSA) is 140 Å². The van der Waals surface area contributed by atoms with Gasteiger partial charge in [-0.15, -0.1) is 11.8 Å². The van der Waals surface area contributed by atoms with Crippen LogP contribution < -0.4 is 14.2 Å². The molecule has 1 atom stereocenters. The zero-order valence-electron chi connectivity index (χ0n) is 26.9. The number of thioether (sulfide) groups is 1. The summed E-state index contributed by atoms with van der Waals surface area (Å²) in [5.41, 5.74) is 7.46. The maximum atomic E-state index is 15.9. The monoisotopic (exact) mass is 762 g/mol. The molecule has 0 spiro atoms. The van der Waals surface area contributed by atoms with Gasteiger partial charge in [-0.3, -0.25) is 4.98 Å². The summed E-state index contributed by atoms with van der Waals surface area (Å²) >= 11 is 7.47. The Morgan fingerprint density at radius 1 is 0.922 bits per heavy atom. The van der Waals surface area contributed by atoms with Crippen molar-refractivity contribution < 1.29 is 40.2 Å². The molecule has 0 bridgehead atoms. The van der Waals surface area contributed by atoms with Crippen LogP contribution in [0.15, 0.2) is 95.3 Å². The Hall–Kier alpha value is -4.84. The van der Waals surface area contributed by atoms with Crippen LogP contribution in [-0.4, -0.2) is 53.9 Å². The van der Waals surface area contributed by atoms with Crippen molar-refractivity contribution in [3.8, 4) is 45.3 Å². The third kappa shape index (κ3) is 8.22. The third-order valence-electron chi connectivity index (χ3n) is 7.44. The molecule has 0 amide bonds. The van der Waals surface area contributed by atoms with Gasteiger partial charge in [-0.2, -0.15) is 32.8 Å². The SMILES string of the molecule is COc1ccc(CN(C(N=N)SC)S(=O)(=O)c2cc(Cl)c(Oc3ccc(-c4ccc(C(F)(F)F)nc4)cc3-c3ccnnc3)cc2F)c(OC)c1. The van der Waals surface area contributed by atoms with E-state index in [1.165, 1.54) is 38.7 Å². The van der Waals surface area contributed by atoms with Gasteiger partial charge in [0, 0.05) is 47.1 Å². The normalized spacial score (nSPS) is 12.4. The number of hydrogen-bond acceptors (Lipinski definition) is 11. The minimum absolute atomic E-state index is 0.132. The van der Waals surface area contributed by atoms with E-state index < -0.39 is 38.1 Å². The molecule has 1 N–H and O–H groups in total. The molecule has 51 heavy (non-hydrogen) atoms. The van der Waals surface area contributed by atoms with Crippen molar-refractivity contribution in [1.29, 1.82) is 5.53 Å². The molecule has 0 aliphatic heterocycles. The van der Waals surface area contributed by atoms with Crippen LogP contribution in [0, 0.1) is 11.3 Å². The van der Waals surface area contributed by atoms with Crippen molar-refractivity contribution in [3.05, 3.63) is 107 Å². The first kappa shape index (κ1) is 37.4. The second-order valence-electron chi connectivity index (χ2n) is 10.5. The lowest BCUT2D eigenvalue weighted by atomic mass is 10.00. The maximum Gasteiger partial charge on any atom is 0.433 e. The van der Waals surface area contributed by atoms with Crippen molar-refractivity contribution >= 4 is 33.4 Å². The molecular formula is C33H27ClF4N6O5S2. The van der Waals surface area contributed by atoms with Crippen LogP contribution in [0.1, 0.15) is 11.3 Å². The minimum Gasteiger partial charge on any atom is -0.497 e. The molecule has 0 aliphatic carbocycles. The van der Waals surface area contributed by atoms with Crippen LogP contribution in [0.3, 0.4) is 0 Å². The van der Waals surface area contributed by atoms with Gasteiger partial charge in [-0.25, -0.2) is 18.3 Å². The Balaban J connectivity index is 1.52. The summed E-state index contributed by atoms with van der Waals surface area (Å²) in [6.07, 6.45) is 0.856. The van der Waals surface area contributed by atoms with Crippen molar-refractivity contribution in [1.82, 2.24) is 19.5 Å². The smallest absolute Gasteiger partial charge is 0.433 e. The summed E-state index contributed by atoms with van der Waals surface area (Å²) in [5, 5.41) is 10.8. The van der Waals surface area contributed by atoms with E-state index in [9.17, 15) is 21.6 Å². The molecule has 0 fully saturated rings. The molecule has 0 aliphatic rings. The summed E-state index contributed by atoms with van der Waals surface area (Å²) in [7, 11) is -1.85.